The standard InChI is InChI=1S/C16H19N3O2/c17-16(21)13-5-3-8-19(10-13)15(20)11-18-9-7-12-4-1-2-6-14(12)18/h1-2,4,6-7,9,13H,3,5,8,10-11H2,(H2,17,21). The number of carbonyl (C=O) groups is 2. The lowest BCUT2D eigenvalue weighted by Gasteiger charge is -2.31. The molecule has 2 aromatic rings. The molecular formula is C16H19N3O2. The monoisotopic (exact) mass is 285 g/mol. The lowest BCUT2D eigenvalue weighted by molar-refractivity contribution is -0.135. The molecule has 1 aliphatic heterocycles. The SMILES string of the molecule is NC(=O)C1CCCN(C(=O)Cn2ccc3ccccc32)C1. The fourth-order valence-electron chi connectivity index (χ4n) is 2.96. The van der Waals surface area contributed by atoms with Gasteiger partial charge in [-0.15, -0.1) is 0 Å². The average Bonchev–Trinajstić information content (AvgIpc) is 2.91. The van der Waals surface area contributed by atoms with Crippen molar-refractivity contribution >= 4 is 22.7 Å². The van der Waals surface area contributed by atoms with Gasteiger partial charge >= 0.3 is 0 Å². The molecule has 3 rings (SSSR count). The minimum atomic E-state index is -0.307. The predicted molar refractivity (Wildman–Crippen MR) is 80.4 cm³/mol. The van der Waals surface area contributed by atoms with Crippen molar-refractivity contribution in [2.75, 3.05) is 13.1 Å². The molecule has 0 spiro atoms. The van der Waals surface area contributed by atoms with Crippen molar-refractivity contribution < 1.29 is 9.59 Å². The second-order valence-corrected chi connectivity index (χ2v) is 5.58. The highest BCUT2D eigenvalue weighted by atomic mass is 16.2. The van der Waals surface area contributed by atoms with Crippen LogP contribution in [-0.2, 0) is 16.1 Å². The van der Waals surface area contributed by atoms with E-state index < -0.39 is 0 Å². The maximum absolute atomic E-state index is 12.4. The number of fused-ring (bicyclic) bond motifs is 1. The average molecular weight is 285 g/mol. The zero-order valence-electron chi connectivity index (χ0n) is 11.9. The van der Waals surface area contributed by atoms with Crippen molar-refractivity contribution in [2.45, 2.75) is 19.4 Å². The molecule has 110 valence electrons. The third kappa shape index (κ3) is 2.77. The topological polar surface area (TPSA) is 68.3 Å². The number of nitrogens with zero attached hydrogens (tertiary/aromatic N) is 2. The molecule has 0 aliphatic carbocycles. The van der Waals surface area contributed by atoms with Crippen molar-refractivity contribution in [3.63, 3.8) is 0 Å². The largest absolute Gasteiger partial charge is 0.369 e. The first-order chi connectivity index (χ1) is 10.1. The van der Waals surface area contributed by atoms with Crippen LogP contribution in [0.3, 0.4) is 0 Å². The number of primary amides is 1. The first-order valence-electron chi connectivity index (χ1n) is 7.26. The van der Waals surface area contributed by atoms with E-state index in [1.165, 1.54) is 0 Å². The maximum atomic E-state index is 12.4. The van der Waals surface area contributed by atoms with E-state index in [1.807, 2.05) is 41.1 Å². The van der Waals surface area contributed by atoms with Crippen LogP contribution in [0.25, 0.3) is 10.9 Å². The minimum Gasteiger partial charge on any atom is -0.369 e. The number of aromatic nitrogens is 1. The number of benzene rings is 1. The quantitative estimate of drug-likeness (QED) is 0.925. The fraction of sp³-hybridized carbons (Fsp3) is 0.375. The van der Waals surface area contributed by atoms with Gasteiger partial charge in [-0.3, -0.25) is 9.59 Å². The molecule has 1 aliphatic rings. The Morgan fingerprint density at radius 1 is 1.24 bits per heavy atom. The smallest absolute Gasteiger partial charge is 0.242 e. The molecular weight excluding hydrogens is 266 g/mol. The zero-order chi connectivity index (χ0) is 14.8. The number of hydrogen-bond donors (Lipinski definition) is 1. The number of amides is 2. The van der Waals surface area contributed by atoms with Gasteiger partial charge in [0, 0.05) is 24.8 Å². The van der Waals surface area contributed by atoms with Crippen LogP contribution in [0.1, 0.15) is 12.8 Å². The van der Waals surface area contributed by atoms with Gasteiger partial charge in [-0.1, -0.05) is 18.2 Å². The van der Waals surface area contributed by atoms with E-state index in [0.29, 0.717) is 19.6 Å². The van der Waals surface area contributed by atoms with Crippen molar-refractivity contribution in [3.05, 3.63) is 36.5 Å². The molecule has 1 aromatic heterocycles. The first kappa shape index (κ1) is 13.7. The molecule has 1 unspecified atom stereocenters. The molecule has 1 fully saturated rings. The second kappa shape index (κ2) is 5.60. The van der Waals surface area contributed by atoms with Crippen LogP contribution in [0.4, 0.5) is 0 Å². The summed E-state index contributed by atoms with van der Waals surface area (Å²) in [4.78, 5) is 25.5. The van der Waals surface area contributed by atoms with Crippen LogP contribution in [-0.4, -0.2) is 34.4 Å². The fourth-order valence-corrected chi connectivity index (χ4v) is 2.96. The van der Waals surface area contributed by atoms with Gasteiger partial charge in [0.15, 0.2) is 0 Å². The summed E-state index contributed by atoms with van der Waals surface area (Å²) < 4.78 is 1.95. The van der Waals surface area contributed by atoms with Gasteiger partial charge in [0.1, 0.15) is 6.54 Å². The molecule has 2 heterocycles. The Bertz CT molecular complexity index is 677. The number of para-hydroxylation sites is 1. The second-order valence-electron chi connectivity index (χ2n) is 5.58. The van der Waals surface area contributed by atoms with Gasteiger partial charge in [-0.25, -0.2) is 0 Å². The van der Waals surface area contributed by atoms with E-state index in [-0.39, 0.29) is 17.7 Å². The highest BCUT2D eigenvalue weighted by molar-refractivity contribution is 5.84. The van der Waals surface area contributed by atoms with E-state index in [2.05, 4.69) is 0 Å². The summed E-state index contributed by atoms with van der Waals surface area (Å²) >= 11 is 0. The van der Waals surface area contributed by atoms with Gasteiger partial charge in [0.2, 0.25) is 11.8 Å². The Hall–Kier alpha value is -2.30. The van der Waals surface area contributed by atoms with Crippen molar-refractivity contribution in [1.82, 2.24) is 9.47 Å². The summed E-state index contributed by atoms with van der Waals surface area (Å²) in [6.45, 7) is 1.47. The predicted octanol–water partition coefficient (Wildman–Crippen LogP) is 1.37. The molecule has 0 saturated carbocycles. The van der Waals surface area contributed by atoms with E-state index in [4.69, 9.17) is 5.73 Å². The van der Waals surface area contributed by atoms with Gasteiger partial charge in [-0.05, 0) is 30.4 Å². The van der Waals surface area contributed by atoms with Gasteiger partial charge in [0.05, 0.1) is 5.92 Å². The Morgan fingerprint density at radius 3 is 2.86 bits per heavy atom. The van der Waals surface area contributed by atoms with Crippen LogP contribution >= 0.6 is 0 Å². The Labute approximate surface area is 123 Å². The zero-order valence-corrected chi connectivity index (χ0v) is 11.9. The van der Waals surface area contributed by atoms with Crippen LogP contribution in [0.2, 0.25) is 0 Å². The van der Waals surface area contributed by atoms with Gasteiger partial charge in [-0.2, -0.15) is 0 Å². The van der Waals surface area contributed by atoms with Crippen molar-refractivity contribution in [3.8, 4) is 0 Å². The number of nitrogens with two attached hydrogens (primary N) is 1. The first-order valence-corrected chi connectivity index (χ1v) is 7.26. The molecule has 2 amide bonds. The lowest BCUT2D eigenvalue weighted by atomic mass is 9.97. The molecule has 0 bridgehead atoms. The van der Waals surface area contributed by atoms with E-state index >= 15 is 0 Å². The Balaban J connectivity index is 1.72. The third-order valence-electron chi connectivity index (χ3n) is 4.16. The summed E-state index contributed by atoms with van der Waals surface area (Å²) in [5.41, 5.74) is 6.41. The summed E-state index contributed by atoms with van der Waals surface area (Å²) in [6, 6.07) is 9.99. The van der Waals surface area contributed by atoms with E-state index in [1.54, 1.807) is 4.90 Å². The molecule has 1 saturated heterocycles. The summed E-state index contributed by atoms with van der Waals surface area (Å²) in [5.74, 6) is -0.467. The van der Waals surface area contributed by atoms with Crippen LogP contribution in [0.15, 0.2) is 36.5 Å². The molecule has 5 heteroatoms. The molecule has 1 aromatic carbocycles. The van der Waals surface area contributed by atoms with E-state index in [0.717, 1.165) is 23.7 Å². The number of rotatable bonds is 3. The molecule has 21 heavy (non-hydrogen) atoms. The van der Waals surface area contributed by atoms with Gasteiger partial charge in [0.25, 0.3) is 0 Å². The van der Waals surface area contributed by atoms with E-state index in [9.17, 15) is 9.59 Å². The Morgan fingerprint density at radius 2 is 2.05 bits per heavy atom. The summed E-state index contributed by atoms with van der Waals surface area (Å²) in [5, 5.41) is 1.12. The molecule has 2 N–H and O–H groups in total. The van der Waals surface area contributed by atoms with Crippen LogP contribution in [0.5, 0.6) is 0 Å². The third-order valence-corrected chi connectivity index (χ3v) is 4.16. The highest BCUT2D eigenvalue weighted by Crippen LogP contribution is 2.18. The maximum Gasteiger partial charge on any atom is 0.242 e. The minimum absolute atomic E-state index is 0.0438. The van der Waals surface area contributed by atoms with Crippen molar-refractivity contribution in [2.24, 2.45) is 11.7 Å². The number of likely N-dealkylation sites (tertiary alicyclic amines) is 1. The number of piperidine rings is 1. The number of hydrogen-bond acceptors (Lipinski definition) is 2. The number of carbonyl (C=O) groups excluding carboxylic acids is 2. The van der Waals surface area contributed by atoms with Crippen molar-refractivity contribution in [1.29, 1.82) is 0 Å². The van der Waals surface area contributed by atoms with Crippen LogP contribution in [0, 0.1) is 5.92 Å². The van der Waals surface area contributed by atoms with Crippen LogP contribution < -0.4 is 5.73 Å². The van der Waals surface area contributed by atoms with Gasteiger partial charge < -0.3 is 15.2 Å². The molecule has 5 nitrogen and oxygen atoms in total. The normalized spacial score (nSPS) is 18.9. The summed E-state index contributed by atoms with van der Waals surface area (Å²) in [7, 11) is 0. The summed E-state index contributed by atoms with van der Waals surface area (Å²) in [6.07, 6.45) is 3.55. The lowest BCUT2D eigenvalue weighted by Crippen LogP contribution is -2.45. The Kier molecular flexibility index (Phi) is 3.64. The molecule has 0 radical (unpaired) electrons. The highest BCUT2D eigenvalue weighted by Gasteiger charge is 2.26. The molecule has 1 atom stereocenters.